The number of pyridine rings is 1. The molecule has 0 radical (unpaired) electrons. The monoisotopic (exact) mass is 279 g/mol. The highest BCUT2D eigenvalue weighted by molar-refractivity contribution is 6.74. The summed E-state index contributed by atoms with van der Waals surface area (Å²) in [6.45, 7) is 12.1. The second-order valence-electron chi connectivity index (χ2n) is 6.42. The summed E-state index contributed by atoms with van der Waals surface area (Å²) in [5.41, 5.74) is 1.64. The van der Waals surface area contributed by atoms with Crippen LogP contribution in [0.3, 0.4) is 0 Å². The van der Waals surface area contributed by atoms with Crippen molar-refractivity contribution in [3.63, 3.8) is 0 Å². The highest BCUT2D eigenvalue weighted by Gasteiger charge is 2.36. The predicted molar refractivity (Wildman–Crippen MR) is 81.1 cm³/mol. The number of hydrogen-bond acceptors (Lipinski definition) is 3. The third-order valence-corrected chi connectivity index (χ3v) is 8.39. The molecule has 3 nitrogen and oxygen atoms in total. The molecular weight excluding hydrogens is 254 g/mol. The van der Waals surface area contributed by atoms with Crippen LogP contribution in [0.15, 0.2) is 18.3 Å². The first-order chi connectivity index (χ1) is 8.76. The third kappa shape index (κ3) is 4.88. The SMILES string of the molecule is CC(C)(C)[Si](C)(C)OCCCc1ccc(C=O)nc1. The Balaban J connectivity index is 2.36. The average Bonchev–Trinajstić information content (AvgIpc) is 2.34. The molecule has 0 saturated heterocycles. The largest absolute Gasteiger partial charge is 0.417 e. The molecule has 0 saturated carbocycles. The topological polar surface area (TPSA) is 39.2 Å². The van der Waals surface area contributed by atoms with E-state index in [1.54, 1.807) is 12.3 Å². The zero-order valence-electron chi connectivity index (χ0n) is 12.7. The lowest BCUT2D eigenvalue weighted by Gasteiger charge is -2.36. The molecule has 1 aromatic rings. The second kappa shape index (κ2) is 6.44. The molecule has 0 fully saturated rings. The van der Waals surface area contributed by atoms with Crippen LogP contribution in [0.4, 0.5) is 0 Å². The first-order valence-corrected chi connectivity index (χ1v) is 9.71. The van der Waals surface area contributed by atoms with E-state index in [4.69, 9.17) is 4.43 Å². The molecule has 0 aliphatic heterocycles. The first kappa shape index (κ1) is 16.1. The van der Waals surface area contributed by atoms with Crippen molar-refractivity contribution in [1.82, 2.24) is 4.98 Å². The zero-order valence-corrected chi connectivity index (χ0v) is 13.7. The normalized spacial score (nSPS) is 12.5. The van der Waals surface area contributed by atoms with Crippen molar-refractivity contribution < 1.29 is 9.22 Å². The van der Waals surface area contributed by atoms with Gasteiger partial charge in [-0.15, -0.1) is 0 Å². The maximum absolute atomic E-state index is 10.5. The molecule has 1 aromatic heterocycles. The number of hydrogen-bond donors (Lipinski definition) is 0. The van der Waals surface area contributed by atoms with E-state index in [0.717, 1.165) is 31.3 Å². The number of nitrogens with zero attached hydrogens (tertiary/aromatic N) is 1. The van der Waals surface area contributed by atoms with Gasteiger partial charge in [-0.2, -0.15) is 0 Å². The smallest absolute Gasteiger partial charge is 0.191 e. The minimum atomic E-state index is -1.62. The van der Waals surface area contributed by atoms with E-state index in [1.807, 2.05) is 6.07 Å². The molecule has 1 heterocycles. The molecule has 0 aromatic carbocycles. The maximum Gasteiger partial charge on any atom is 0.191 e. The fraction of sp³-hybridized carbons (Fsp3) is 0.600. The van der Waals surface area contributed by atoms with Gasteiger partial charge >= 0.3 is 0 Å². The predicted octanol–water partition coefficient (Wildman–Crippen LogP) is 3.85. The van der Waals surface area contributed by atoms with Crippen molar-refractivity contribution in [1.29, 1.82) is 0 Å². The molecule has 0 aliphatic rings. The molecule has 106 valence electrons. The molecule has 0 atom stereocenters. The van der Waals surface area contributed by atoms with Crippen LogP contribution in [-0.2, 0) is 10.8 Å². The van der Waals surface area contributed by atoms with Gasteiger partial charge in [0, 0.05) is 12.8 Å². The Hall–Kier alpha value is -1.00. The number of rotatable bonds is 6. The minimum absolute atomic E-state index is 0.264. The van der Waals surface area contributed by atoms with Crippen LogP contribution in [0, 0.1) is 0 Å². The summed E-state index contributed by atoms with van der Waals surface area (Å²) in [6.07, 6.45) is 4.48. The van der Waals surface area contributed by atoms with Gasteiger partial charge in [0.15, 0.2) is 14.6 Å². The molecule has 0 amide bonds. The molecule has 0 bridgehead atoms. The standard InChI is InChI=1S/C15H25NO2Si/c1-15(2,3)19(4,5)18-10-6-7-13-8-9-14(12-17)16-11-13/h8-9,11-12H,6-7,10H2,1-5H3. The Morgan fingerprint density at radius 1 is 1.32 bits per heavy atom. The van der Waals surface area contributed by atoms with Crippen molar-refractivity contribution in [3.8, 4) is 0 Å². The lowest BCUT2D eigenvalue weighted by Crippen LogP contribution is -2.41. The second-order valence-corrected chi connectivity index (χ2v) is 11.2. The number of aryl methyl sites for hydroxylation is 1. The van der Waals surface area contributed by atoms with Crippen LogP contribution in [0.25, 0.3) is 0 Å². The maximum atomic E-state index is 10.5. The molecule has 0 spiro atoms. The van der Waals surface area contributed by atoms with E-state index in [-0.39, 0.29) is 5.04 Å². The molecule has 1 rings (SSSR count). The Morgan fingerprint density at radius 3 is 2.47 bits per heavy atom. The van der Waals surface area contributed by atoms with E-state index >= 15 is 0 Å². The molecular formula is C15H25NO2Si. The molecule has 19 heavy (non-hydrogen) atoms. The highest BCUT2D eigenvalue weighted by atomic mass is 28.4. The van der Waals surface area contributed by atoms with Crippen LogP contribution < -0.4 is 0 Å². The van der Waals surface area contributed by atoms with Gasteiger partial charge in [-0.05, 0) is 42.6 Å². The fourth-order valence-electron chi connectivity index (χ4n) is 1.47. The lowest BCUT2D eigenvalue weighted by molar-refractivity contribution is 0.111. The average molecular weight is 279 g/mol. The Morgan fingerprint density at radius 2 is 2.00 bits per heavy atom. The summed E-state index contributed by atoms with van der Waals surface area (Å²) in [6, 6.07) is 3.72. The molecule has 0 aliphatic carbocycles. The van der Waals surface area contributed by atoms with Crippen LogP contribution in [0.5, 0.6) is 0 Å². The van der Waals surface area contributed by atoms with Gasteiger partial charge in [0.1, 0.15) is 5.69 Å². The van der Waals surface area contributed by atoms with Crippen LogP contribution >= 0.6 is 0 Å². The van der Waals surface area contributed by atoms with Gasteiger partial charge in [-0.25, -0.2) is 0 Å². The summed E-state index contributed by atoms with van der Waals surface area (Å²) < 4.78 is 6.12. The molecule has 0 N–H and O–H groups in total. The van der Waals surface area contributed by atoms with E-state index in [2.05, 4.69) is 38.8 Å². The number of aldehydes is 1. The van der Waals surface area contributed by atoms with E-state index in [1.165, 1.54) is 0 Å². The summed E-state index contributed by atoms with van der Waals surface area (Å²) in [5, 5.41) is 0.264. The van der Waals surface area contributed by atoms with Gasteiger partial charge < -0.3 is 4.43 Å². The van der Waals surface area contributed by atoms with Crippen LogP contribution in [-0.4, -0.2) is 26.2 Å². The van der Waals surface area contributed by atoms with Crippen molar-refractivity contribution in [2.45, 2.75) is 51.7 Å². The Kier molecular flexibility index (Phi) is 5.44. The van der Waals surface area contributed by atoms with Gasteiger partial charge in [0.05, 0.1) is 0 Å². The number of carbonyl (C=O) groups excluding carboxylic acids is 1. The van der Waals surface area contributed by atoms with E-state index < -0.39 is 8.32 Å². The van der Waals surface area contributed by atoms with Crippen molar-refractivity contribution in [2.24, 2.45) is 0 Å². The Bertz CT molecular complexity index is 407. The number of carbonyl (C=O) groups is 1. The summed E-state index contributed by atoms with van der Waals surface area (Å²) in [4.78, 5) is 14.6. The number of aromatic nitrogens is 1. The Labute approximate surface area is 117 Å². The van der Waals surface area contributed by atoms with Gasteiger partial charge in [-0.3, -0.25) is 9.78 Å². The van der Waals surface area contributed by atoms with Gasteiger partial charge in [0.25, 0.3) is 0 Å². The zero-order chi connectivity index (χ0) is 14.5. The summed E-state index contributed by atoms with van der Waals surface area (Å²) in [5.74, 6) is 0. The lowest BCUT2D eigenvalue weighted by atomic mass is 10.1. The highest BCUT2D eigenvalue weighted by Crippen LogP contribution is 2.36. The van der Waals surface area contributed by atoms with Crippen LogP contribution in [0.1, 0.15) is 43.2 Å². The minimum Gasteiger partial charge on any atom is -0.417 e. The molecule has 4 heteroatoms. The van der Waals surface area contributed by atoms with Gasteiger partial charge in [0.2, 0.25) is 0 Å². The third-order valence-electron chi connectivity index (χ3n) is 3.85. The summed E-state index contributed by atoms with van der Waals surface area (Å²) in [7, 11) is -1.62. The van der Waals surface area contributed by atoms with E-state index in [9.17, 15) is 4.79 Å². The van der Waals surface area contributed by atoms with Crippen molar-refractivity contribution >= 4 is 14.6 Å². The quantitative estimate of drug-likeness (QED) is 0.451. The van der Waals surface area contributed by atoms with Crippen LogP contribution in [0.2, 0.25) is 18.1 Å². The van der Waals surface area contributed by atoms with Crippen molar-refractivity contribution in [2.75, 3.05) is 6.61 Å². The summed E-state index contributed by atoms with van der Waals surface area (Å²) >= 11 is 0. The van der Waals surface area contributed by atoms with Gasteiger partial charge in [-0.1, -0.05) is 26.8 Å². The first-order valence-electron chi connectivity index (χ1n) is 6.80. The van der Waals surface area contributed by atoms with Crippen molar-refractivity contribution in [3.05, 3.63) is 29.6 Å². The molecule has 0 unspecified atom stereocenters. The fourth-order valence-corrected chi connectivity index (χ4v) is 2.56. The van der Waals surface area contributed by atoms with E-state index in [0.29, 0.717) is 5.69 Å².